The summed E-state index contributed by atoms with van der Waals surface area (Å²) < 4.78 is 21.4. The van der Waals surface area contributed by atoms with Gasteiger partial charge in [0, 0.05) is 29.5 Å². The molecule has 0 saturated carbocycles. The molecule has 1 N–H and O–H groups in total. The highest BCUT2D eigenvalue weighted by molar-refractivity contribution is 7.14. The summed E-state index contributed by atoms with van der Waals surface area (Å²) in [4.78, 5) is 17.4. The number of hydrogen-bond acceptors (Lipinski definition) is 7. The van der Waals surface area contributed by atoms with Gasteiger partial charge in [-0.3, -0.25) is 10.1 Å². The zero-order valence-electron chi connectivity index (χ0n) is 16.3. The number of methoxy groups -OCH3 is 3. The van der Waals surface area contributed by atoms with Crippen LogP contribution in [0.25, 0.3) is 11.3 Å². The van der Waals surface area contributed by atoms with Crippen molar-refractivity contribution in [3.63, 3.8) is 0 Å². The zero-order chi connectivity index (χ0) is 20.4. The molecule has 2 heterocycles. The Balaban J connectivity index is 1.57. The number of nitrogens with zero attached hydrogens (tertiary/aromatic N) is 1. The molecule has 29 heavy (non-hydrogen) atoms. The van der Waals surface area contributed by atoms with Crippen LogP contribution in [0.15, 0.2) is 35.7 Å². The molecule has 1 aliphatic heterocycles. The minimum Gasteiger partial charge on any atom is -0.496 e. The van der Waals surface area contributed by atoms with Gasteiger partial charge in [0.1, 0.15) is 11.5 Å². The van der Waals surface area contributed by atoms with Gasteiger partial charge in [0.05, 0.1) is 39.2 Å². The second kappa shape index (κ2) is 8.00. The summed E-state index contributed by atoms with van der Waals surface area (Å²) >= 11 is 1.36. The number of hydrogen-bond donors (Lipinski definition) is 1. The standard InChI is InChI=1S/C21H20N2O5S/c1-25-17-10-19(27-3)18(26-2)9-14(17)20(24)23-21-22-15(11-29-21)12-4-5-16-13(8-12)6-7-28-16/h4-5,8-11H,6-7H2,1-3H3,(H,22,23,24). The fourth-order valence-electron chi connectivity index (χ4n) is 3.18. The average Bonchev–Trinajstić information content (AvgIpc) is 3.41. The number of aromatic nitrogens is 1. The summed E-state index contributed by atoms with van der Waals surface area (Å²) in [7, 11) is 4.54. The highest BCUT2D eigenvalue weighted by Gasteiger charge is 2.19. The number of rotatable bonds is 6. The smallest absolute Gasteiger partial charge is 0.261 e. The Bertz CT molecular complexity index is 1060. The molecule has 0 atom stereocenters. The number of benzene rings is 2. The minimum absolute atomic E-state index is 0.330. The number of carbonyl (C=O) groups is 1. The summed E-state index contributed by atoms with van der Waals surface area (Å²) in [6.07, 6.45) is 0.899. The van der Waals surface area contributed by atoms with Crippen molar-refractivity contribution in [2.24, 2.45) is 0 Å². The predicted octanol–water partition coefficient (Wildman–Crippen LogP) is 4.02. The molecule has 150 valence electrons. The van der Waals surface area contributed by atoms with Crippen LogP contribution in [-0.4, -0.2) is 38.8 Å². The molecule has 0 bridgehead atoms. The molecule has 1 aliphatic rings. The molecule has 0 aliphatic carbocycles. The van der Waals surface area contributed by atoms with Crippen molar-refractivity contribution in [2.75, 3.05) is 33.3 Å². The van der Waals surface area contributed by atoms with Crippen molar-refractivity contribution in [3.8, 4) is 34.3 Å². The van der Waals surface area contributed by atoms with E-state index in [4.69, 9.17) is 18.9 Å². The molecule has 7 nitrogen and oxygen atoms in total. The van der Waals surface area contributed by atoms with E-state index in [0.29, 0.717) is 34.6 Å². The number of thiazole rings is 1. The third kappa shape index (κ3) is 3.71. The van der Waals surface area contributed by atoms with Crippen molar-refractivity contribution >= 4 is 22.4 Å². The Hall–Kier alpha value is -3.26. The van der Waals surface area contributed by atoms with Crippen LogP contribution in [-0.2, 0) is 6.42 Å². The Morgan fingerprint density at radius 2 is 1.83 bits per heavy atom. The Morgan fingerprint density at radius 3 is 2.59 bits per heavy atom. The van der Waals surface area contributed by atoms with Crippen LogP contribution in [0.4, 0.5) is 5.13 Å². The van der Waals surface area contributed by atoms with Gasteiger partial charge in [-0.05, 0) is 23.8 Å². The van der Waals surface area contributed by atoms with Crippen LogP contribution in [0, 0.1) is 0 Å². The molecule has 3 aromatic rings. The molecule has 0 radical (unpaired) electrons. The summed E-state index contributed by atoms with van der Waals surface area (Å²) in [6, 6.07) is 9.22. The SMILES string of the molecule is COc1cc(OC)c(C(=O)Nc2nc(-c3ccc4c(c3)CCO4)cs2)cc1OC. The first-order valence-electron chi connectivity index (χ1n) is 8.96. The van der Waals surface area contributed by atoms with E-state index in [1.807, 2.05) is 17.5 Å². The summed E-state index contributed by atoms with van der Waals surface area (Å²) in [5.74, 6) is 1.90. The van der Waals surface area contributed by atoms with Gasteiger partial charge in [-0.1, -0.05) is 0 Å². The molecule has 0 fully saturated rings. The van der Waals surface area contributed by atoms with Crippen LogP contribution < -0.4 is 24.3 Å². The summed E-state index contributed by atoms with van der Waals surface area (Å²) in [5.41, 5.74) is 3.31. The highest BCUT2D eigenvalue weighted by atomic mass is 32.1. The van der Waals surface area contributed by atoms with Crippen molar-refractivity contribution < 1.29 is 23.7 Å². The van der Waals surface area contributed by atoms with Gasteiger partial charge >= 0.3 is 0 Å². The fourth-order valence-corrected chi connectivity index (χ4v) is 3.90. The second-order valence-electron chi connectivity index (χ2n) is 6.32. The van der Waals surface area contributed by atoms with Crippen LogP contribution in [0.3, 0.4) is 0 Å². The number of carbonyl (C=O) groups excluding carboxylic acids is 1. The van der Waals surface area contributed by atoms with Gasteiger partial charge in [-0.15, -0.1) is 11.3 Å². The van der Waals surface area contributed by atoms with Gasteiger partial charge in [-0.25, -0.2) is 4.98 Å². The van der Waals surface area contributed by atoms with E-state index < -0.39 is 0 Å². The molecule has 4 rings (SSSR count). The third-order valence-electron chi connectivity index (χ3n) is 4.66. The number of ether oxygens (including phenoxy) is 4. The van der Waals surface area contributed by atoms with Gasteiger partial charge < -0.3 is 18.9 Å². The lowest BCUT2D eigenvalue weighted by Crippen LogP contribution is -2.13. The Morgan fingerprint density at radius 1 is 1.07 bits per heavy atom. The molecule has 8 heteroatoms. The van der Waals surface area contributed by atoms with Gasteiger partial charge in [-0.2, -0.15) is 0 Å². The van der Waals surface area contributed by atoms with E-state index in [9.17, 15) is 4.79 Å². The molecule has 0 saturated heterocycles. The molecular formula is C21H20N2O5S. The maximum Gasteiger partial charge on any atom is 0.261 e. The largest absolute Gasteiger partial charge is 0.496 e. The summed E-state index contributed by atoms with van der Waals surface area (Å²) in [5, 5.41) is 5.25. The third-order valence-corrected chi connectivity index (χ3v) is 5.42. The lowest BCUT2D eigenvalue weighted by atomic mass is 10.1. The van der Waals surface area contributed by atoms with E-state index in [-0.39, 0.29) is 5.91 Å². The lowest BCUT2D eigenvalue weighted by Gasteiger charge is -2.13. The second-order valence-corrected chi connectivity index (χ2v) is 7.18. The van der Waals surface area contributed by atoms with E-state index in [2.05, 4.69) is 16.4 Å². The van der Waals surface area contributed by atoms with E-state index >= 15 is 0 Å². The molecule has 0 unspecified atom stereocenters. The van der Waals surface area contributed by atoms with Crippen molar-refractivity contribution in [1.29, 1.82) is 0 Å². The Labute approximate surface area is 172 Å². The van der Waals surface area contributed by atoms with Crippen LogP contribution in [0.1, 0.15) is 15.9 Å². The van der Waals surface area contributed by atoms with E-state index in [1.165, 1.54) is 38.2 Å². The van der Waals surface area contributed by atoms with Gasteiger partial charge in [0.2, 0.25) is 0 Å². The first-order valence-corrected chi connectivity index (χ1v) is 9.84. The Kier molecular flexibility index (Phi) is 5.26. The number of amides is 1. The average molecular weight is 412 g/mol. The maximum absolute atomic E-state index is 12.8. The predicted molar refractivity (Wildman–Crippen MR) is 111 cm³/mol. The van der Waals surface area contributed by atoms with Crippen molar-refractivity contribution in [3.05, 3.63) is 46.8 Å². The van der Waals surface area contributed by atoms with E-state index in [1.54, 1.807) is 12.1 Å². The van der Waals surface area contributed by atoms with Gasteiger partial charge in [0.25, 0.3) is 5.91 Å². The number of nitrogens with one attached hydrogen (secondary N) is 1. The monoisotopic (exact) mass is 412 g/mol. The highest BCUT2D eigenvalue weighted by Crippen LogP contribution is 2.36. The minimum atomic E-state index is -0.342. The van der Waals surface area contributed by atoms with Crippen LogP contribution >= 0.6 is 11.3 Å². The molecule has 0 spiro atoms. The van der Waals surface area contributed by atoms with Crippen molar-refractivity contribution in [2.45, 2.75) is 6.42 Å². The first-order chi connectivity index (χ1) is 14.1. The fraction of sp³-hybridized carbons (Fsp3) is 0.238. The normalized spacial score (nSPS) is 12.1. The van der Waals surface area contributed by atoms with E-state index in [0.717, 1.165) is 23.4 Å². The number of anilines is 1. The van der Waals surface area contributed by atoms with Gasteiger partial charge in [0.15, 0.2) is 16.6 Å². The topological polar surface area (TPSA) is 78.9 Å². The summed E-state index contributed by atoms with van der Waals surface area (Å²) in [6.45, 7) is 0.713. The zero-order valence-corrected chi connectivity index (χ0v) is 17.1. The first kappa shape index (κ1) is 19.1. The number of fused-ring (bicyclic) bond motifs is 1. The molecule has 2 aromatic carbocycles. The van der Waals surface area contributed by atoms with Crippen LogP contribution in [0.5, 0.6) is 23.0 Å². The van der Waals surface area contributed by atoms with Crippen molar-refractivity contribution in [1.82, 2.24) is 4.98 Å². The van der Waals surface area contributed by atoms with Crippen LogP contribution in [0.2, 0.25) is 0 Å². The quantitative estimate of drug-likeness (QED) is 0.659. The molecular weight excluding hydrogens is 392 g/mol. The molecule has 1 aromatic heterocycles. The maximum atomic E-state index is 12.8. The lowest BCUT2D eigenvalue weighted by molar-refractivity contribution is 0.102. The molecule has 1 amide bonds.